The summed E-state index contributed by atoms with van der Waals surface area (Å²) in [7, 11) is 1.91. The van der Waals surface area contributed by atoms with E-state index in [2.05, 4.69) is 17.1 Å². The average molecular weight is 315 g/mol. The van der Waals surface area contributed by atoms with Crippen molar-refractivity contribution in [3.8, 4) is 0 Å². The van der Waals surface area contributed by atoms with Crippen LogP contribution in [0.5, 0.6) is 0 Å². The second-order valence-corrected chi connectivity index (χ2v) is 6.29. The first-order valence-electron chi connectivity index (χ1n) is 8.44. The molecule has 1 saturated heterocycles. The van der Waals surface area contributed by atoms with Crippen LogP contribution in [0, 0.1) is 6.92 Å². The molecule has 0 saturated carbocycles. The van der Waals surface area contributed by atoms with Crippen LogP contribution in [-0.2, 0) is 13.6 Å². The number of aromatic nitrogens is 4. The number of carbonyl (C=O) groups excluding carboxylic acids is 1. The third kappa shape index (κ3) is 3.02. The van der Waals surface area contributed by atoms with Crippen LogP contribution in [0.2, 0.25) is 0 Å². The molecule has 1 atom stereocenters. The lowest BCUT2D eigenvalue weighted by atomic mass is 9.98. The second-order valence-electron chi connectivity index (χ2n) is 6.29. The first-order valence-corrected chi connectivity index (χ1v) is 8.44. The van der Waals surface area contributed by atoms with Crippen LogP contribution in [0.4, 0.5) is 0 Å². The van der Waals surface area contributed by atoms with Crippen molar-refractivity contribution >= 4 is 5.91 Å². The van der Waals surface area contributed by atoms with Crippen molar-refractivity contribution in [2.75, 3.05) is 6.54 Å². The molecule has 124 valence electrons. The topological polar surface area (TPSA) is 56.0 Å². The first-order chi connectivity index (χ1) is 11.1. The van der Waals surface area contributed by atoms with Crippen LogP contribution >= 0.6 is 0 Å². The fourth-order valence-electron chi connectivity index (χ4n) is 3.34. The van der Waals surface area contributed by atoms with Gasteiger partial charge in [-0.25, -0.2) is 0 Å². The van der Waals surface area contributed by atoms with E-state index in [9.17, 15) is 4.79 Å². The summed E-state index contributed by atoms with van der Waals surface area (Å²) in [5, 5.41) is 8.89. The molecule has 0 N–H and O–H groups in total. The number of hydrogen-bond acceptors (Lipinski definition) is 3. The quantitative estimate of drug-likeness (QED) is 0.871. The van der Waals surface area contributed by atoms with Crippen molar-refractivity contribution in [1.29, 1.82) is 0 Å². The predicted octanol–water partition coefficient (Wildman–Crippen LogP) is 2.70. The molecule has 0 bridgehead atoms. The summed E-state index contributed by atoms with van der Waals surface area (Å²) in [5.74, 6) is 0.0835. The number of aryl methyl sites for hydroxylation is 2. The zero-order valence-electron chi connectivity index (χ0n) is 14.2. The molecule has 6 heteroatoms. The minimum Gasteiger partial charge on any atom is -0.330 e. The van der Waals surface area contributed by atoms with Crippen molar-refractivity contribution in [2.45, 2.75) is 52.1 Å². The zero-order chi connectivity index (χ0) is 16.4. The van der Waals surface area contributed by atoms with E-state index in [0.29, 0.717) is 0 Å². The number of amides is 1. The number of piperidine rings is 1. The molecule has 6 nitrogen and oxygen atoms in total. The maximum atomic E-state index is 13.1. The van der Waals surface area contributed by atoms with E-state index >= 15 is 0 Å². The molecule has 2 aromatic rings. The molecular weight excluding hydrogens is 290 g/mol. The molecule has 1 aliphatic rings. The van der Waals surface area contributed by atoms with Gasteiger partial charge in [0, 0.05) is 32.0 Å². The van der Waals surface area contributed by atoms with Gasteiger partial charge >= 0.3 is 0 Å². The molecule has 0 aromatic carbocycles. The Morgan fingerprint density at radius 3 is 2.91 bits per heavy atom. The van der Waals surface area contributed by atoms with E-state index in [1.165, 1.54) is 0 Å². The normalized spacial score (nSPS) is 18.4. The molecule has 0 radical (unpaired) electrons. The van der Waals surface area contributed by atoms with E-state index in [-0.39, 0.29) is 11.9 Å². The maximum Gasteiger partial charge on any atom is 0.257 e. The van der Waals surface area contributed by atoms with Crippen molar-refractivity contribution in [2.24, 2.45) is 7.05 Å². The van der Waals surface area contributed by atoms with Crippen molar-refractivity contribution in [3.63, 3.8) is 0 Å². The number of carbonyl (C=O) groups is 1. The minimum atomic E-state index is 0.0753. The summed E-state index contributed by atoms with van der Waals surface area (Å²) in [6.45, 7) is 5.74. The summed E-state index contributed by atoms with van der Waals surface area (Å²) in [6, 6.07) is 2.09. The van der Waals surface area contributed by atoms with Crippen LogP contribution in [-0.4, -0.2) is 36.9 Å². The van der Waals surface area contributed by atoms with Gasteiger partial charge in [-0.1, -0.05) is 6.92 Å². The maximum absolute atomic E-state index is 13.1. The minimum absolute atomic E-state index is 0.0753. The molecule has 0 spiro atoms. The zero-order valence-corrected chi connectivity index (χ0v) is 14.2. The molecular formula is C17H25N5O. The SMILES string of the molecule is CCCn1ncc(C(=O)N2CCCC[C@@H]2c2ccn(C)n2)c1C. The summed E-state index contributed by atoms with van der Waals surface area (Å²) < 4.78 is 3.73. The van der Waals surface area contributed by atoms with Gasteiger partial charge in [0.15, 0.2) is 0 Å². The van der Waals surface area contributed by atoms with Crippen molar-refractivity contribution in [3.05, 3.63) is 35.4 Å². The van der Waals surface area contributed by atoms with Gasteiger partial charge in [0.1, 0.15) is 0 Å². The largest absolute Gasteiger partial charge is 0.330 e. The van der Waals surface area contributed by atoms with Crippen LogP contribution < -0.4 is 0 Å². The standard InChI is InChI=1S/C17H25N5O/c1-4-9-22-13(2)14(12-18-22)17(23)21-10-6-5-7-16(21)15-8-11-20(3)19-15/h8,11-12,16H,4-7,9-10H2,1-3H3/t16-/m1/s1. The van der Waals surface area contributed by atoms with Gasteiger partial charge in [0.25, 0.3) is 5.91 Å². The van der Waals surface area contributed by atoms with Crippen molar-refractivity contribution < 1.29 is 4.79 Å². The van der Waals surface area contributed by atoms with E-state index in [1.54, 1.807) is 10.9 Å². The van der Waals surface area contributed by atoms with Crippen LogP contribution in [0.1, 0.15) is 60.4 Å². The van der Waals surface area contributed by atoms with E-state index in [0.717, 1.165) is 55.7 Å². The van der Waals surface area contributed by atoms with Gasteiger partial charge in [0.2, 0.25) is 0 Å². The Hall–Kier alpha value is -2.11. The van der Waals surface area contributed by atoms with E-state index in [1.807, 2.05) is 35.8 Å². The molecule has 3 rings (SSSR count). The average Bonchev–Trinajstić information content (AvgIpc) is 3.14. The molecule has 3 heterocycles. The molecule has 1 amide bonds. The van der Waals surface area contributed by atoms with Crippen LogP contribution in [0.25, 0.3) is 0 Å². The van der Waals surface area contributed by atoms with Gasteiger partial charge in [-0.05, 0) is 38.7 Å². The molecule has 1 fully saturated rings. The Morgan fingerprint density at radius 1 is 1.39 bits per heavy atom. The van der Waals surface area contributed by atoms with Crippen molar-refractivity contribution in [1.82, 2.24) is 24.5 Å². The fourth-order valence-corrected chi connectivity index (χ4v) is 3.34. The highest BCUT2D eigenvalue weighted by Gasteiger charge is 2.31. The third-order valence-corrected chi connectivity index (χ3v) is 4.61. The smallest absolute Gasteiger partial charge is 0.257 e. The molecule has 2 aromatic heterocycles. The Balaban J connectivity index is 1.87. The second kappa shape index (κ2) is 6.56. The highest BCUT2D eigenvalue weighted by Crippen LogP contribution is 2.31. The van der Waals surface area contributed by atoms with E-state index < -0.39 is 0 Å². The first kappa shape index (κ1) is 15.8. The highest BCUT2D eigenvalue weighted by molar-refractivity contribution is 5.95. The number of rotatable bonds is 4. The Bertz CT molecular complexity index is 687. The molecule has 1 aliphatic heterocycles. The Morgan fingerprint density at radius 2 is 2.22 bits per heavy atom. The lowest BCUT2D eigenvalue weighted by molar-refractivity contribution is 0.0604. The fraction of sp³-hybridized carbons (Fsp3) is 0.588. The number of likely N-dealkylation sites (tertiary alicyclic amines) is 1. The Kier molecular flexibility index (Phi) is 4.50. The lowest BCUT2D eigenvalue weighted by Gasteiger charge is -2.34. The summed E-state index contributed by atoms with van der Waals surface area (Å²) >= 11 is 0. The van der Waals surface area contributed by atoms with Gasteiger partial charge in [-0.3, -0.25) is 14.2 Å². The molecule has 0 aliphatic carbocycles. The summed E-state index contributed by atoms with van der Waals surface area (Å²) in [4.78, 5) is 15.0. The summed E-state index contributed by atoms with van der Waals surface area (Å²) in [6.07, 6.45) is 7.84. The van der Waals surface area contributed by atoms with E-state index in [4.69, 9.17) is 0 Å². The van der Waals surface area contributed by atoms with Crippen LogP contribution in [0.15, 0.2) is 18.5 Å². The van der Waals surface area contributed by atoms with Gasteiger partial charge < -0.3 is 4.90 Å². The predicted molar refractivity (Wildman–Crippen MR) is 88.1 cm³/mol. The highest BCUT2D eigenvalue weighted by atomic mass is 16.2. The lowest BCUT2D eigenvalue weighted by Crippen LogP contribution is -2.39. The monoisotopic (exact) mass is 315 g/mol. The molecule has 23 heavy (non-hydrogen) atoms. The van der Waals surface area contributed by atoms with Gasteiger partial charge in [-0.15, -0.1) is 0 Å². The third-order valence-electron chi connectivity index (χ3n) is 4.61. The number of nitrogens with zero attached hydrogens (tertiary/aromatic N) is 5. The summed E-state index contributed by atoms with van der Waals surface area (Å²) in [5.41, 5.74) is 2.67. The van der Waals surface area contributed by atoms with Crippen LogP contribution in [0.3, 0.4) is 0 Å². The van der Waals surface area contributed by atoms with Gasteiger partial charge in [-0.2, -0.15) is 10.2 Å². The molecule has 0 unspecified atom stereocenters. The Labute approximate surface area is 137 Å². The van der Waals surface area contributed by atoms with Gasteiger partial charge in [0.05, 0.1) is 23.5 Å². The number of hydrogen-bond donors (Lipinski definition) is 0.